The Bertz CT molecular complexity index is 422. The van der Waals surface area contributed by atoms with E-state index >= 15 is 0 Å². The number of rotatable bonds is 5. The van der Waals surface area contributed by atoms with Crippen LogP contribution in [0.4, 0.5) is 5.69 Å². The van der Waals surface area contributed by atoms with Crippen LogP contribution in [0, 0.1) is 11.8 Å². The first-order chi connectivity index (χ1) is 8.87. The van der Waals surface area contributed by atoms with Crippen LogP contribution in [-0.4, -0.2) is 24.1 Å². The van der Waals surface area contributed by atoms with Gasteiger partial charge >= 0.3 is 0 Å². The van der Waals surface area contributed by atoms with Crippen molar-refractivity contribution in [3.8, 4) is 0 Å². The van der Waals surface area contributed by atoms with Crippen LogP contribution in [0.2, 0.25) is 0 Å². The van der Waals surface area contributed by atoms with Crippen LogP contribution in [-0.2, 0) is 6.54 Å². The standard InChI is InChI=1S/C16H27N3/c1-12-8-14(12)11-19(5)15-10-17-7-6-13(15)9-18-16(2,3)4/h6-7,10,12,14,18H,8-9,11H2,1-5H3. The molecule has 0 aliphatic heterocycles. The minimum absolute atomic E-state index is 0.143. The number of hydrogen-bond donors (Lipinski definition) is 1. The van der Waals surface area contributed by atoms with E-state index in [1.165, 1.54) is 17.7 Å². The average molecular weight is 261 g/mol. The Morgan fingerprint density at radius 1 is 1.42 bits per heavy atom. The van der Waals surface area contributed by atoms with Crippen LogP contribution in [0.15, 0.2) is 18.5 Å². The molecule has 1 saturated carbocycles. The molecule has 1 aliphatic carbocycles. The minimum atomic E-state index is 0.143. The predicted molar refractivity (Wildman–Crippen MR) is 81.4 cm³/mol. The summed E-state index contributed by atoms with van der Waals surface area (Å²) in [5.74, 6) is 1.77. The maximum atomic E-state index is 4.29. The molecular weight excluding hydrogens is 234 g/mol. The van der Waals surface area contributed by atoms with Crippen molar-refractivity contribution in [2.24, 2.45) is 11.8 Å². The van der Waals surface area contributed by atoms with E-state index in [-0.39, 0.29) is 5.54 Å². The van der Waals surface area contributed by atoms with Crippen LogP contribution in [0.25, 0.3) is 0 Å². The van der Waals surface area contributed by atoms with Gasteiger partial charge in [-0.25, -0.2) is 0 Å². The van der Waals surface area contributed by atoms with Crippen LogP contribution >= 0.6 is 0 Å². The van der Waals surface area contributed by atoms with Gasteiger partial charge in [-0.1, -0.05) is 6.92 Å². The first-order valence-corrected chi connectivity index (χ1v) is 7.26. The minimum Gasteiger partial charge on any atom is -0.373 e. The molecule has 1 heterocycles. The Balaban J connectivity index is 2.02. The smallest absolute Gasteiger partial charge is 0.0595 e. The Morgan fingerprint density at radius 2 is 2.11 bits per heavy atom. The summed E-state index contributed by atoms with van der Waals surface area (Å²) in [5.41, 5.74) is 2.74. The molecule has 1 fully saturated rings. The summed E-state index contributed by atoms with van der Waals surface area (Å²) in [6.07, 6.45) is 5.25. The van der Waals surface area contributed by atoms with Gasteiger partial charge in [0.15, 0.2) is 0 Å². The van der Waals surface area contributed by atoms with E-state index in [0.717, 1.165) is 24.9 Å². The van der Waals surface area contributed by atoms with E-state index in [0.29, 0.717) is 0 Å². The molecule has 1 aromatic rings. The van der Waals surface area contributed by atoms with E-state index in [1.807, 2.05) is 12.4 Å². The number of pyridine rings is 1. The molecule has 2 rings (SSSR count). The molecule has 0 spiro atoms. The zero-order valence-electron chi connectivity index (χ0n) is 12.9. The van der Waals surface area contributed by atoms with Crippen LogP contribution in [0.1, 0.15) is 39.7 Å². The summed E-state index contributed by atoms with van der Waals surface area (Å²) in [6, 6.07) is 2.13. The van der Waals surface area contributed by atoms with Gasteiger partial charge in [-0.2, -0.15) is 0 Å². The molecule has 19 heavy (non-hydrogen) atoms. The zero-order chi connectivity index (χ0) is 14.0. The lowest BCUT2D eigenvalue weighted by molar-refractivity contribution is 0.424. The second-order valence-corrected chi connectivity index (χ2v) is 6.96. The van der Waals surface area contributed by atoms with Gasteiger partial charge in [-0.15, -0.1) is 0 Å². The number of nitrogens with zero attached hydrogens (tertiary/aromatic N) is 2. The van der Waals surface area contributed by atoms with E-state index in [9.17, 15) is 0 Å². The number of aromatic nitrogens is 1. The van der Waals surface area contributed by atoms with Gasteiger partial charge in [0.05, 0.1) is 11.9 Å². The highest BCUT2D eigenvalue weighted by molar-refractivity contribution is 5.51. The molecule has 0 aromatic carbocycles. The molecule has 1 aliphatic rings. The van der Waals surface area contributed by atoms with Crippen molar-refractivity contribution in [1.82, 2.24) is 10.3 Å². The monoisotopic (exact) mass is 261 g/mol. The summed E-state index contributed by atoms with van der Waals surface area (Å²) in [5, 5.41) is 3.56. The van der Waals surface area contributed by atoms with E-state index in [2.05, 4.69) is 56.0 Å². The summed E-state index contributed by atoms with van der Waals surface area (Å²) in [7, 11) is 2.18. The number of hydrogen-bond acceptors (Lipinski definition) is 3. The van der Waals surface area contributed by atoms with Gasteiger partial charge < -0.3 is 10.2 Å². The quantitative estimate of drug-likeness (QED) is 0.883. The molecule has 1 N–H and O–H groups in total. The van der Waals surface area contributed by atoms with E-state index in [1.54, 1.807) is 0 Å². The first-order valence-electron chi connectivity index (χ1n) is 7.26. The molecule has 2 unspecified atom stereocenters. The molecule has 0 bridgehead atoms. The van der Waals surface area contributed by atoms with Gasteiger partial charge in [-0.3, -0.25) is 4.98 Å². The average Bonchev–Trinajstić information content (AvgIpc) is 3.01. The van der Waals surface area contributed by atoms with E-state index in [4.69, 9.17) is 0 Å². The van der Waals surface area contributed by atoms with Crippen molar-refractivity contribution in [3.05, 3.63) is 24.0 Å². The highest BCUT2D eigenvalue weighted by Crippen LogP contribution is 2.38. The number of anilines is 1. The number of nitrogens with one attached hydrogen (secondary N) is 1. The molecule has 3 heteroatoms. The lowest BCUT2D eigenvalue weighted by Crippen LogP contribution is -2.35. The first kappa shape index (κ1) is 14.3. The third-order valence-corrected chi connectivity index (χ3v) is 3.89. The van der Waals surface area contributed by atoms with Crippen molar-refractivity contribution < 1.29 is 0 Å². The Kier molecular flexibility index (Phi) is 4.14. The third kappa shape index (κ3) is 4.20. The second kappa shape index (κ2) is 5.49. The van der Waals surface area contributed by atoms with Crippen molar-refractivity contribution >= 4 is 5.69 Å². The van der Waals surface area contributed by atoms with E-state index < -0.39 is 0 Å². The fraction of sp³-hybridized carbons (Fsp3) is 0.688. The highest BCUT2D eigenvalue weighted by Gasteiger charge is 2.33. The predicted octanol–water partition coefficient (Wildman–Crippen LogP) is 3.06. The van der Waals surface area contributed by atoms with Crippen LogP contribution < -0.4 is 10.2 Å². The van der Waals surface area contributed by atoms with Gasteiger partial charge in [0.2, 0.25) is 0 Å². The third-order valence-electron chi connectivity index (χ3n) is 3.89. The molecule has 106 valence electrons. The van der Waals surface area contributed by atoms with Crippen molar-refractivity contribution in [3.63, 3.8) is 0 Å². The van der Waals surface area contributed by atoms with Gasteiger partial charge in [0, 0.05) is 31.9 Å². The largest absolute Gasteiger partial charge is 0.373 e. The lowest BCUT2D eigenvalue weighted by Gasteiger charge is -2.25. The topological polar surface area (TPSA) is 28.2 Å². The highest BCUT2D eigenvalue weighted by atomic mass is 15.1. The summed E-state index contributed by atoms with van der Waals surface area (Å²) >= 11 is 0. The Hall–Kier alpha value is -1.09. The van der Waals surface area contributed by atoms with Crippen molar-refractivity contribution in [1.29, 1.82) is 0 Å². The summed E-state index contributed by atoms with van der Waals surface area (Å²) in [6.45, 7) is 11.0. The SMILES string of the molecule is CC1CC1CN(C)c1cnccc1CNC(C)(C)C. The second-order valence-electron chi connectivity index (χ2n) is 6.96. The fourth-order valence-electron chi connectivity index (χ4n) is 2.37. The molecule has 0 amide bonds. The van der Waals surface area contributed by atoms with Gasteiger partial charge in [0.1, 0.15) is 0 Å². The molecule has 1 aromatic heterocycles. The molecule has 0 saturated heterocycles. The van der Waals surface area contributed by atoms with Crippen molar-refractivity contribution in [2.75, 3.05) is 18.5 Å². The van der Waals surface area contributed by atoms with Gasteiger partial charge in [0.25, 0.3) is 0 Å². The molecule has 2 atom stereocenters. The Labute approximate surface area is 117 Å². The van der Waals surface area contributed by atoms with Crippen LogP contribution in [0.5, 0.6) is 0 Å². The zero-order valence-corrected chi connectivity index (χ0v) is 12.9. The molecule has 3 nitrogen and oxygen atoms in total. The van der Waals surface area contributed by atoms with Crippen molar-refractivity contribution in [2.45, 2.75) is 46.2 Å². The lowest BCUT2D eigenvalue weighted by atomic mass is 10.1. The maximum absolute atomic E-state index is 4.29. The van der Waals surface area contributed by atoms with Gasteiger partial charge in [-0.05, 0) is 50.7 Å². The summed E-state index contributed by atoms with van der Waals surface area (Å²) < 4.78 is 0. The summed E-state index contributed by atoms with van der Waals surface area (Å²) in [4.78, 5) is 6.65. The molecular formula is C16H27N3. The van der Waals surface area contributed by atoms with Crippen LogP contribution in [0.3, 0.4) is 0 Å². The Morgan fingerprint density at radius 3 is 2.68 bits per heavy atom. The maximum Gasteiger partial charge on any atom is 0.0595 e. The molecule has 0 radical (unpaired) electrons. The fourth-order valence-corrected chi connectivity index (χ4v) is 2.37. The normalized spacial score (nSPS) is 22.4.